The Bertz CT molecular complexity index is 622. The number of carbonyl (C=O) groups excluding carboxylic acids is 1. The zero-order chi connectivity index (χ0) is 15.2. The highest BCUT2D eigenvalue weighted by molar-refractivity contribution is 5.88. The van der Waals surface area contributed by atoms with E-state index in [0.717, 1.165) is 17.7 Å². The average Bonchev–Trinajstić information content (AvgIpc) is 2.83. The van der Waals surface area contributed by atoms with Crippen LogP contribution in [0.15, 0.2) is 24.3 Å². The fraction of sp³-hybridized carbons (Fsp3) is 0.400. The molecule has 0 atom stereocenters. The third kappa shape index (κ3) is 3.59. The molecule has 21 heavy (non-hydrogen) atoms. The monoisotopic (exact) mass is 289 g/mol. The third-order valence-corrected chi connectivity index (χ3v) is 3.04. The first kappa shape index (κ1) is 15.0. The summed E-state index contributed by atoms with van der Waals surface area (Å²) in [7, 11) is 0. The highest BCUT2D eigenvalue weighted by Gasteiger charge is 2.20. The number of carbonyl (C=O) groups is 1. The number of aromatic hydroxyl groups is 1. The van der Waals surface area contributed by atoms with Gasteiger partial charge < -0.3 is 9.84 Å². The van der Waals surface area contributed by atoms with E-state index in [2.05, 4.69) is 10.3 Å². The molecule has 0 bridgehead atoms. The minimum atomic E-state index is -0.442. The molecule has 0 fully saturated rings. The maximum atomic E-state index is 11.9. The van der Waals surface area contributed by atoms with Crippen LogP contribution in [0, 0.1) is 0 Å². The summed E-state index contributed by atoms with van der Waals surface area (Å²) in [6, 6.07) is 6.94. The molecule has 0 unspecified atom stereocenters. The van der Waals surface area contributed by atoms with Gasteiger partial charge in [-0.05, 0) is 31.0 Å². The average molecular weight is 289 g/mol. The van der Waals surface area contributed by atoms with E-state index in [-0.39, 0.29) is 11.4 Å². The van der Waals surface area contributed by atoms with E-state index in [4.69, 9.17) is 4.74 Å². The minimum absolute atomic E-state index is 0.204. The Kier molecular flexibility index (Phi) is 4.92. The first-order valence-corrected chi connectivity index (χ1v) is 7.03. The number of aromatic nitrogens is 3. The van der Waals surface area contributed by atoms with Gasteiger partial charge in [-0.2, -0.15) is 0 Å². The number of phenols is 1. The molecule has 112 valence electrons. The summed E-state index contributed by atoms with van der Waals surface area (Å²) >= 11 is 0. The molecular formula is C15H19N3O3. The predicted octanol–water partition coefficient (Wildman–Crippen LogP) is 2.16. The summed E-state index contributed by atoms with van der Waals surface area (Å²) in [4.78, 5) is 11.9. The van der Waals surface area contributed by atoms with Gasteiger partial charge in [-0.25, -0.2) is 9.48 Å². The first-order chi connectivity index (χ1) is 10.2. The van der Waals surface area contributed by atoms with Crippen molar-refractivity contribution in [1.29, 1.82) is 0 Å². The Morgan fingerprint density at radius 3 is 2.86 bits per heavy atom. The van der Waals surface area contributed by atoms with Gasteiger partial charge >= 0.3 is 5.97 Å². The maximum absolute atomic E-state index is 11.9. The van der Waals surface area contributed by atoms with Gasteiger partial charge in [0.2, 0.25) is 0 Å². The Balaban J connectivity index is 2.29. The molecule has 0 radical (unpaired) electrons. The Hall–Kier alpha value is -2.37. The van der Waals surface area contributed by atoms with Crippen molar-refractivity contribution in [2.75, 3.05) is 6.61 Å². The number of phenolic OH excluding ortho intramolecular Hbond substituents is 1. The fourth-order valence-electron chi connectivity index (χ4n) is 2.13. The summed E-state index contributed by atoms with van der Waals surface area (Å²) in [6.45, 7) is 4.55. The molecule has 0 spiro atoms. The van der Waals surface area contributed by atoms with Crippen LogP contribution in [0.3, 0.4) is 0 Å². The standard InChI is InChI=1S/C15H19N3O3/c1-3-6-13-14(15(20)21-4-2)16-17-18(13)10-11-7-5-8-12(19)9-11/h5,7-9,19H,3-4,6,10H2,1-2H3. The number of nitrogens with zero attached hydrogens (tertiary/aromatic N) is 3. The quantitative estimate of drug-likeness (QED) is 0.825. The molecular weight excluding hydrogens is 270 g/mol. The van der Waals surface area contributed by atoms with Crippen molar-refractivity contribution in [2.24, 2.45) is 0 Å². The number of ether oxygens (including phenoxy) is 1. The van der Waals surface area contributed by atoms with Crippen LogP contribution >= 0.6 is 0 Å². The second-order valence-corrected chi connectivity index (χ2v) is 4.68. The Labute approximate surface area is 123 Å². The van der Waals surface area contributed by atoms with Crippen LogP contribution in [0.5, 0.6) is 5.75 Å². The second-order valence-electron chi connectivity index (χ2n) is 4.68. The Morgan fingerprint density at radius 2 is 2.19 bits per heavy atom. The van der Waals surface area contributed by atoms with E-state index in [9.17, 15) is 9.90 Å². The lowest BCUT2D eigenvalue weighted by Gasteiger charge is -2.07. The number of esters is 1. The van der Waals surface area contributed by atoms with Crippen molar-refractivity contribution in [3.63, 3.8) is 0 Å². The van der Waals surface area contributed by atoms with Crippen LogP contribution in [0.25, 0.3) is 0 Å². The lowest BCUT2D eigenvalue weighted by Crippen LogP contribution is -2.11. The third-order valence-electron chi connectivity index (χ3n) is 3.04. The summed E-state index contributed by atoms with van der Waals surface area (Å²) in [6.07, 6.45) is 1.57. The van der Waals surface area contributed by atoms with E-state index >= 15 is 0 Å². The number of rotatable bonds is 6. The van der Waals surface area contributed by atoms with Crippen molar-refractivity contribution in [3.8, 4) is 5.75 Å². The van der Waals surface area contributed by atoms with Gasteiger partial charge in [-0.3, -0.25) is 0 Å². The van der Waals surface area contributed by atoms with E-state index in [1.807, 2.05) is 13.0 Å². The van der Waals surface area contributed by atoms with Crippen LogP contribution in [0.4, 0.5) is 0 Å². The number of hydrogen-bond acceptors (Lipinski definition) is 5. The molecule has 6 nitrogen and oxygen atoms in total. The molecule has 1 aromatic heterocycles. The van der Waals surface area contributed by atoms with E-state index in [1.165, 1.54) is 0 Å². The van der Waals surface area contributed by atoms with E-state index in [0.29, 0.717) is 19.6 Å². The molecule has 2 aromatic rings. The summed E-state index contributed by atoms with van der Waals surface area (Å²) in [5.74, 6) is -0.238. The largest absolute Gasteiger partial charge is 0.508 e. The molecule has 1 aromatic carbocycles. The molecule has 1 heterocycles. The summed E-state index contributed by atoms with van der Waals surface area (Å²) < 4.78 is 6.69. The highest BCUT2D eigenvalue weighted by atomic mass is 16.5. The van der Waals surface area contributed by atoms with Gasteiger partial charge in [0.25, 0.3) is 0 Å². The van der Waals surface area contributed by atoms with Gasteiger partial charge in [-0.15, -0.1) is 5.10 Å². The summed E-state index contributed by atoms with van der Waals surface area (Å²) in [5, 5.41) is 17.5. The predicted molar refractivity (Wildman–Crippen MR) is 77.2 cm³/mol. The van der Waals surface area contributed by atoms with Crippen LogP contribution < -0.4 is 0 Å². The molecule has 6 heteroatoms. The lowest BCUT2D eigenvalue weighted by molar-refractivity contribution is 0.0518. The molecule has 0 saturated heterocycles. The van der Waals surface area contributed by atoms with Crippen LogP contribution in [0.2, 0.25) is 0 Å². The first-order valence-electron chi connectivity index (χ1n) is 7.03. The van der Waals surface area contributed by atoms with Gasteiger partial charge in [-0.1, -0.05) is 30.7 Å². The van der Waals surface area contributed by atoms with E-state index < -0.39 is 5.97 Å². The molecule has 0 amide bonds. The van der Waals surface area contributed by atoms with Crippen LogP contribution in [-0.2, 0) is 17.7 Å². The van der Waals surface area contributed by atoms with Crippen molar-refractivity contribution in [2.45, 2.75) is 33.2 Å². The molecule has 0 aliphatic heterocycles. The molecule has 1 N–H and O–H groups in total. The van der Waals surface area contributed by atoms with Crippen molar-refractivity contribution < 1.29 is 14.6 Å². The van der Waals surface area contributed by atoms with Crippen molar-refractivity contribution in [3.05, 3.63) is 41.2 Å². The lowest BCUT2D eigenvalue weighted by atomic mass is 10.2. The SMILES string of the molecule is CCCc1c(C(=O)OCC)nnn1Cc1cccc(O)c1. The molecule has 0 aliphatic rings. The van der Waals surface area contributed by atoms with Crippen molar-refractivity contribution >= 4 is 5.97 Å². The highest BCUT2D eigenvalue weighted by Crippen LogP contribution is 2.15. The van der Waals surface area contributed by atoms with Crippen LogP contribution in [-0.4, -0.2) is 32.7 Å². The fourth-order valence-corrected chi connectivity index (χ4v) is 2.13. The van der Waals surface area contributed by atoms with Crippen LogP contribution in [0.1, 0.15) is 42.0 Å². The summed E-state index contributed by atoms with van der Waals surface area (Å²) in [5.41, 5.74) is 1.94. The smallest absolute Gasteiger partial charge is 0.360 e. The zero-order valence-electron chi connectivity index (χ0n) is 12.2. The zero-order valence-corrected chi connectivity index (χ0v) is 12.2. The topological polar surface area (TPSA) is 77.2 Å². The molecule has 0 saturated carbocycles. The van der Waals surface area contributed by atoms with Crippen molar-refractivity contribution in [1.82, 2.24) is 15.0 Å². The van der Waals surface area contributed by atoms with E-state index in [1.54, 1.807) is 29.8 Å². The van der Waals surface area contributed by atoms with Gasteiger partial charge in [0.05, 0.1) is 18.8 Å². The minimum Gasteiger partial charge on any atom is -0.508 e. The molecule has 2 rings (SSSR count). The second kappa shape index (κ2) is 6.88. The normalized spacial score (nSPS) is 10.6. The van der Waals surface area contributed by atoms with Gasteiger partial charge in [0.15, 0.2) is 5.69 Å². The van der Waals surface area contributed by atoms with Gasteiger partial charge in [0.1, 0.15) is 5.75 Å². The number of benzene rings is 1. The maximum Gasteiger partial charge on any atom is 0.360 e. The van der Waals surface area contributed by atoms with Gasteiger partial charge in [0, 0.05) is 0 Å². The molecule has 0 aliphatic carbocycles. The Morgan fingerprint density at radius 1 is 1.38 bits per heavy atom. The number of hydrogen-bond donors (Lipinski definition) is 1.